The lowest BCUT2D eigenvalue weighted by molar-refractivity contribution is -0.0510. The van der Waals surface area contributed by atoms with E-state index in [2.05, 4.69) is 0 Å². The number of rotatable bonds is 6. The summed E-state index contributed by atoms with van der Waals surface area (Å²) in [5.41, 5.74) is -3.58. The fourth-order valence-corrected chi connectivity index (χ4v) is 2.02. The molecule has 0 aliphatic carbocycles. The second-order valence-corrected chi connectivity index (χ2v) is 7.04. The maximum absolute atomic E-state index is 11.5. The van der Waals surface area contributed by atoms with Gasteiger partial charge >= 0.3 is 23.9 Å². The minimum atomic E-state index is -5.84. The summed E-state index contributed by atoms with van der Waals surface area (Å²) < 4.78 is 79.3. The van der Waals surface area contributed by atoms with Crippen molar-refractivity contribution in [1.82, 2.24) is 0 Å². The Kier molecular flexibility index (Phi) is 8.83. The molecule has 0 saturated heterocycles. The monoisotopic (exact) mass is 411 g/mol. The normalized spacial score (nSPS) is 11.4. The number of halogens is 3. The molecule has 0 amide bonds. The summed E-state index contributed by atoms with van der Waals surface area (Å²) in [4.78, 5) is 0. The van der Waals surface area contributed by atoms with Gasteiger partial charge in [0.1, 0.15) is 13.2 Å². The largest absolute Gasteiger partial charge is 0.698 e. The molecule has 0 aromatic heterocycles. The Hall–Kier alpha value is -1.84. The van der Waals surface area contributed by atoms with Gasteiger partial charge in [-0.3, -0.25) is 4.55 Å². The van der Waals surface area contributed by atoms with E-state index in [0.29, 0.717) is 13.2 Å². The smallest absolute Gasteiger partial charge is 0.279 e. The van der Waals surface area contributed by atoms with Crippen molar-refractivity contribution in [3.8, 4) is 0 Å². The van der Waals surface area contributed by atoms with Crippen molar-refractivity contribution in [1.29, 1.82) is 0 Å². The van der Waals surface area contributed by atoms with E-state index in [-0.39, 0.29) is 0 Å². The summed E-state index contributed by atoms with van der Waals surface area (Å²) >= 11 is 0. The van der Waals surface area contributed by atoms with Crippen molar-refractivity contribution in [2.45, 2.75) is 18.7 Å². The Morgan fingerprint density at radius 2 is 1.15 bits per heavy atom. The van der Waals surface area contributed by atoms with E-state index in [1.807, 2.05) is 60.7 Å². The summed E-state index contributed by atoms with van der Waals surface area (Å²) in [5, 5.41) is 0. The number of hydrogen-bond donors (Lipinski definition) is 1. The zero-order chi connectivity index (χ0) is 19.6. The molecule has 0 spiro atoms. The first kappa shape index (κ1) is 22.2. The molecular formula is C15H15F3O6PS+. The van der Waals surface area contributed by atoms with Gasteiger partial charge in [0.2, 0.25) is 0 Å². The van der Waals surface area contributed by atoms with Crippen LogP contribution < -0.4 is 0 Å². The molecule has 0 bridgehead atoms. The second kappa shape index (κ2) is 10.3. The Bertz CT molecular complexity index is 737. The van der Waals surface area contributed by atoms with E-state index < -0.39 is 23.9 Å². The van der Waals surface area contributed by atoms with Crippen LogP contribution in [0.25, 0.3) is 0 Å². The summed E-state index contributed by atoms with van der Waals surface area (Å²) in [7, 11) is -7.92. The van der Waals surface area contributed by atoms with E-state index >= 15 is 0 Å². The molecule has 0 atom stereocenters. The molecule has 1 N–H and O–H groups in total. The number of benzene rings is 2. The van der Waals surface area contributed by atoms with Gasteiger partial charge in [0.05, 0.1) is 0 Å². The highest BCUT2D eigenvalue weighted by molar-refractivity contribution is 7.86. The van der Waals surface area contributed by atoms with Gasteiger partial charge in [0.15, 0.2) is 0 Å². The van der Waals surface area contributed by atoms with Gasteiger partial charge in [-0.2, -0.15) is 21.6 Å². The maximum atomic E-state index is 11.5. The molecule has 2 rings (SSSR count). The summed E-state index contributed by atoms with van der Waals surface area (Å²) in [6.45, 7) is 0.593. The van der Waals surface area contributed by atoms with Gasteiger partial charge in [-0.05, 0) is 11.1 Å². The minimum absolute atomic E-state index is 0.296. The third-order valence-corrected chi connectivity index (χ3v) is 3.92. The average molecular weight is 411 g/mol. The number of hydrogen-bond acceptors (Lipinski definition) is 5. The molecule has 0 radical (unpaired) electrons. The predicted molar refractivity (Wildman–Crippen MR) is 87.7 cm³/mol. The van der Waals surface area contributed by atoms with Crippen LogP contribution in [-0.4, -0.2) is 18.5 Å². The summed E-state index contributed by atoms with van der Waals surface area (Å²) in [6, 6.07) is 19.2. The molecule has 0 saturated carbocycles. The van der Waals surface area contributed by atoms with Crippen LogP contribution in [0.5, 0.6) is 0 Å². The lowest BCUT2D eigenvalue weighted by Crippen LogP contribution is -2.21. The molecule has 142 valence electrons. The molecule has 2 aromatic rings. The molecule has 0 heterocycles. The molecule has 0 aliphatic rings. The van der Waals surface area contributed by atoms with E-state index in [1.54, 1.807) is 0 Å². The lowest BCUT2D eigenvalue weighted by atomic mass is 10.2. The quantitative estimate of drug-likeness (QED) is 0.429. The van der Waals surface area contributed by atoms with Gasteiger partial charge in [0, 0.05) is 4.57 Å². The first-order chi connectivity index (χ1) is 12.1. The van der Waals surface area contributed by atoms with E-state index in [0.717, 1.165) is 11.1 Å². The Morgan fingerprint density at radius 1 is 0.846 bits per heavy atom. The van der Waals surface area contributed by atoms with Crippen molar-refractivity contribution in [3.63, 3.8) is 0 Å². The third kappa shape index (κ3) is 9.02. The standard InChI is InChI=1S/C14H14O3P.CHF3O3S/c15-18(16-11-13-7-3-1-4-8-13)17-12-14-9-5-2-6-10-14;2-1(3,4)8(5,6)7/h1-10H,11-12H2;(H,5,6,7)/q+1;. The fourth-order valence-electron chi connectivity index (χ4n) is 1.44. The van der Waals surface area contributed by atoms with Gasteiger partial charge < -0.3 is 0 Å². The SMILES string of the molecule is O=S(=O)(O)C(F)(F)F.O=[P+](OCc1ccccc1)OCc1ccccc1. The van der Waals surface area contributed by atoms with Crippen LogP contribution in [0.2, 0.25) is 0 Å². The van der Waals surface area contributed by atoms with Gasteiger partial charge in [-0.1, -0.05) is 60.7 Å². The van der Waals surface area contributed by atoms with Crippen LogP contribution in [0, 0.1) is 0 Å². The molecule has 6 nitrogen and oxygen atoms in total. The molecule has 0 unspecified atom stereocenters. The molecule has 2 aromatic carbocycles. The minimum Gasteiger partial charge on any atom is -0.279 e. The Balaban J connectivity index is 0.000000359. The van der Waals surface area contributed by atoms with Crippen LogP contribution in [0.4, 0.5) is 13.2 Å². The van der Waals surface area contributed by atoms with Crippen molar-refractivity contribution >= 4 is 18.4 Å². The first-order valence-corrected chi connectivity index (χ1v) is 9.48. The van der Waals surface area contributed by atoms with Gasteiger partial charge in [0.25, 0.3) is 0 Å². The highest BCUT2D eigenvalue weighted by atomic mass is 32.2. The molecule has 0 fully saturated rings. The zero-order valence-corrected chi connectivity index (χ0v) is 14.9. The van der Waals surface area contributed by atoms with Crippen molar-refractivity contribution in [2.75, 3.05) is 0 Å². The maximum Gasteiger partial charge on any atom is 0.698 e. The van der Waals surface area contributed by atoms with Crippen molar-refractivity contribution < 1.29 is 39.8 Å². The van der Waals surface area contributed by atoms with Gasteiger partial charge in [-0.25, -0.2) is 0 Å². The molecule has 26 heavy (non-hydrogen) atoms. The topological polar surface area (TPSA) is 89.9 Å². The van der Waals surface area contributed by atoms with E-state index in [1.165, 1.54) is 0 Å². The molecular weight excluding hydrogens is 396 g/mol. The highest BCUT2D eigenvalue weighted by Crippen LogP contribution is 2.27. The number of alkyl halides is 3. The predicted octanol–water partition coefficient (Wildman–Crippen LogP) is 4.47. The average Bonchev–Trinajstić information content (AvgIpc) is 2.59. The second-order valence-electron chi connectivity index (χ2n) is 4.66. The van der Waals surface area contributed by atoms with Crippen LogP contribution in [0.1, 0.15) is 11.1 Å². The van der Waals surface area contributed by atoms with Crippen LogP contribution in [0.15, 0.2) is 60.7 Å². The lowest BCUT2D eigenvalue weighted by Gasteiger charge is -1.97. The van der Waals surface area contributed by atoms with E-state index in [9.17, 15) is 17.7 Å². The van der Waals surface area contributed by atoms with E-state index in [4.69, 9.17) is 22.0 Å². The third-order valence-electron chi connectivity index (χ3n) is 2.65. The van der Waals surface area contributed by atoms with Crippen molar-refractivity contribution in [3.05, 3.63) is 71.8 Å². The van der Waals surface area contributed by atoms with Crippen LogP contribution in [0.3, 0.4) is 0 Å². The van der Waals surface area contributed by atoms with Crippen LogP contribution in [-0.2, 0) is 36.9 Å². The van der Waals surface area contributed by atoms with Gasteiger partial charge in [-0.15, -0.1) is 9.05 Å². The summed E-state index contributed by atoms with van der Waals surface area (Å²) in [5.74, 6) is 0. The zero-order valence-electron chi connectivity index (χ0n) is 13.2. The summed E-state index contributed by atoms with van der Waals surface area (Å²) in [6.07, 6.45) is 0. The van der Waals surface area contributed by atoms with Crippen LogP contribution >= 0.6 is 8.25 Å². The Labute approximate surface area is 149 Å². The fraction of sp³-hybridized carbons (Fsp3) is 0.200. The molecule has 11 heteroatoms. The first-order valence-electron chi connectivity index (χ1n) is 6.94. The van der Waals surface area contributed by atoms with Crippen molar-refractivity contribution in [2.24, 2.45) is 0 Å². The molecule has 0 aliphatic heterocycles. The Morgan fingerprint density at radius 3 is 1.42 bits per heavy atom. The highest BCUT2D eigenvalue weighted by Gasteiger charge is 2.44.